The van der Waals surface area contributed by atoms with Crippen LogP contribution in [-0.2, 0) is 13.1 Å². The van der Waals surface area contributed by atoms with Crippen molar-refractivity contribution in [3.63, 3.8) is 0 Å². The standard InChI is InChI=1S/C23H28FN5O.HI/c1-3-26-23(27-14-18(2)30-22-10-8-21(24)9-11-22)28-15-19-4-6-20(7-5-19)16-29-13-12-25-17-29;/h4-13,17-18H,3,14-16H2,1-2H3,(H2,26,27,28);1H. The van der Waals surface area contributed by atoms with Gasteiger partial charge in [0.05, 0.1) is 19.4 Å². The van der Waals surface area contributed by atoms with Crippen molar-refractivity contribution >= 4 is 29.9 Å². The SMILES string of the molecule is CCNC(=NCc1ccc(Cn2ccnc2)cc1)NCC(C)Oc1ccc(F)cc1.I. The van der Waals surface area contributed by atoms with Crippen LogP contribution in [0.15, 0.2) is 72.2 Å². The highest BCUT2D eigenvalue weighted by atomic mass is 127. The number of aromatic nitrogens is 2. The number of guanidine groups is 1. The van der Waals surface area contributed by atoms with Crippen molar-refractivity contribution in [2.45, 2.75) is 33.0 Å². The van der Waals surface area contributed by atoms with Gasteiger partial charge in [0.15, 0.2) is 5.96 Å². The van der Waals surface area contributed by atoms with Gasteiger partial charge in [0.25, 0.3) is 0 Å². The molecule has 0 spiro atoms. The quantitative estimate of drug-likeness (QED) is 0.244. The zero-order chi connectivity index (χ0) is 21.2. The molecule has 0 aliphatic rings. The minimum Gasteiger partial charge on any atom is -0.489 e. The third-order valence-corrected chi connectivity index (χ3v) is 4.42. The molecule has 0 aliphatic carbocycles. The van der Waals surface area contributed by atoms with Gasteiger partial charge < -0.3 is 19.9 Å². The lowest BCUT2D eigenvalue weighted by molar-refractivity contribution is 0.223. The van der Waals surface area contributed by atoms with Crippen molar-refractivity contribution in [3.05, 3.63) is 84.2 Å². The molecule has 0 saturated carbocycles. The molecule has 6 nitrogen and oxygen atoms in total. The molecule has 0 aliphatic heterocycles. The molecule has 0 radical (unpaired) electrons. The Labute approximate surface area is 200 Å². The van der Waals surface area contributed by atoms with E-state index in [2.05, 4.69) is 44.9 Å². The average molecular weight is 537 g/mol. The summed E-state index contributed by atoms with van der Waals surface area (Å²) < 4.78 is 20.8. The molecule has 8 heteroatoms. The summed E-state index contributed by atoms with van der Waals surface area (Å²) in [7, 11) is 0. The number of benzene rings is 2. The van der Waals surface area contributed by atoms with Crippen LogP contribution in [-0.4, -0.2) is 34.7 Å². The second kappa shape index (κ2) is 12.9. The third-order valence-electron chi connectivity index (χ3n) is 4.42. The summed E-state index contributed by atoms with van der Waals surface area (Å²) in [6, 6.07) is 14.5. The largest absolute Gasteiger partial charge is 0.489 e. The molecule has 0 saturated heterocycles. The molecule has 31 heavy (non-hydrogen) atoms. The first-order valence-electron chi connectivity index (χ1n) is 10.1. The van der Waals surface area contributed by atoms with Crippen molar-refractivity contribution in [3.8, 4) is 5.75 Å². The highest BCUT2D eigenvalue weighted by Crippen LogP contribution is 2.12. The van der Waals surface area contributed by atoms with E-state index < -0.39 is 0 Å². The van der Waals surface area contributed by atoms with E-state index in [1.165, 1.54) is 17.7 Å². The average Bonchev–Trinajstić information content (AvgIpc) is 3.26. The van der Waals surface area contributed by atoms with E-state index in [0.29, 0.717) is 18.8 Å². The minimum atomic E-state index is -0.274. The van der Waals surface area contributed by atoms with Crippen LogP contribution in [0.1, 0.15) is 25.0 Å². The monoisotopic (exact) mass is 537 g/mol. The van der Waals surface area contributed by atoms with Crippen LogP contribution in [0.25, 0.3) is 0 Å². The molecule has 0 fully saturated rings. The van der Waals surface area contributed by atoms with Gasteiger partial charge in [0.1, 0.15) is 17.7 Å². The summed E-state index contributed by atoms with van der Waals surface area (Å²) in [5.41, 5.74) is 2.36. The van der Waals surface area contributed by atoms with Gasteiger partial charge in [0.2, 0.25) is 0 Å². The zero-order valence-electron chi connectivity index (χ0n) is 17.8. The number of hydrogen-bond acceptors (Lipinski definition) is 3. The number of halogens is 2. The van der Waals surface area contributed by atoms with Crippen LogP contribution < -0.4 is 15.4 Å². The Kier molecular flexibility index (Phi) is 10.3. The number of imidazole rings is 1. The molecule has 3 aromatic rings. The fourth-order valence-corrected chi connectivity index (χ4v) is 2.88. The van der Waals surface area contributed by atoms with Crippen LogP contribution >= 0.6 is 24.0 Å². The van der Waals surface area contributed by atoms with Gasteiger partial charge in [-0.25, -0.2) is 14.4 Å². The van der Waals surface area contributed by atoms with Crippen LogP contribution in [0.4, 0.5) is 4.39 Å². The van der Waals surface area contributed by atoms with Crippen LogP contribution in [0.5, 0.6) is 5.75 Å². The first-order chi connectivity index (χ1) is 14.6. The molecular formula is C23H29FIN5O. The number of ether oxygens (including phenoxy) is 1. The van der Waals surface area contributed by atoms with Gasteiger partial charge in [-0.05, 0) is 49.2 Å². The van der Waals surface area contributed by atoms with Gasteiger partial charge >= 0.3 is 0 Å². The van der Waals surface area contributed by atoms with E-state index in [1.54, 1.807) is 18.3 Å². The van der Waals surface area contributed by atoms with E-state index in [9.17, 15) is 4.39 Å². The van der Waals surface area contributed by atoms with Crippen molar-refractivity contribution in [2.24, 2.45) is 4.99 Å². The first-order valence-corrected chi connectivity index (χ1v) is 10.1. The number of nitrogens with zero attached hydrogens (tertiary/aromatic N) is 3. The fourth-order valence-electron chi connectivity index (χ4n) is 2.88. The Hall–Kier alpha value is -2.62. The van der Waals surface area contributed by atoms with Crippen LogP contribution in [0.3, 0.4) is 0 Å². The summed E-state index contributed by atoms with van der Waals surface area (Å²) in [6.45, 7) is 6.71. The molecule has 2 aromatic carbocycles. The van der Waals surface area contributed by atoms with Gasteiger partial charge in [-0.2, -0.15) is 0 Å². The Morgan fingerprint density at radius 3 is 2.45 bits per heavy atom. The van der Waals surface area contributed by atoms with Crippen molar-refractivity contribution in [2.75, 3.05) is 13.1 Å². The minimum absolute atomic E-state index is 0. The lowest BCUT2D eigenvalue weighted by Crippen LogP contribution is -2.41. The Bertz CT molecular complexity index is 914. The molecule has 0 amide bonds. The van der Waals surface area contributed by atoms with E-state index in [-0.39, 0.29) is 35.9 Å². The highest BCUT2D eigenvalue weighted by molar-refractivity contribution is 14.0. The molecule has 1 heterocycles. The molecule has 1 atom stereocenters. The topological polar surface area (TPSA) is 63.5 Å². The van der Waals surface area contributed by atoms with Gasteiger partial charge in [0, 0.05) is 25.5 Å². The van der Waals surface area contributed by atoms with Gasteiger partial charge in [-0.1, -0.05) is 24.3 Å². The van der Waals surface area contributed by atoms with E-state index in [1.807, 2.05) is 30.9 Å². The van der Waals surface area contributed by atoms with E-state index in [0.717, 1.165) is 24.6 Å². The Morgan fingerprint density at radius 1 is 1.10 bits per heavy atom. The van der Waals surface area contributed by atoms with Crippen LogP contribution in [0, 0.1) is 5.82 Å². The van der Waals surface area contributed by atoms with Gasteiger partial charge in [-0.3, -0.25) is 0 Å². The summed E-state index contributed by atoms with van der Waals surface area (Å²) >= 11 is 0. The Balaban J connectivity index is 0.00000341. The maximum absolute atomic E-state index is 13.0. The molecule has 166 valence electrons. The second-order valence-electron chi connectivity index (χ2n) is 7.01. The Morgan fingerprint density at radius 2 is 1.81 bits per heavy atom. The summed E-state index contributed by atoms with van der Waals surface area (Å²) in [4.78, 5) is 8.72. The number of aliphatic imine (C=N–C) groups is 1. The van der Waals surface area contributed by atoms with Crippen molar-refractivity contribution in [1.82, 2.24) is 20.2 Å². The molecular weight excluding hydrogens is 508 g/mol. The zero-order valence-corrected chi connectivity index (χ0v) is 20.1. The highest BCUT2D eigenvalue weighted by Gasteiger charge is 2.06. The van der Waals surface area contributed by atoms with Gasteiger partial charge in [-0.15, -0.1) is 24.0 Å². The van der Waals surface area contributed by atoms with Crippen LogP contribution in [0.2, 0.25) is 0 Å². The van der Waals surface area contributed by atoms with E-state index >= 15 is 0 Å². The lowest BCUT2D eigenvalue weighted by atomic mass is 10.1. The number of nitrogens with one attached hydrogen (secondary N) is 2. The molecule has 1 unspecified atom stereocenters. The molecule has 3 rings (SSSR count). The van der Waals surface area contributed by atoms with Crippen molar-refractivity contribution in [1.29, 1.82) is 0 Å². The molecule has 0 bridgehead atoms. The maximum Gasteiger partial charge on any atom is 0.191 e. The summed E-state index contributed by atoms with van der Waals surface area (Å²) in [5, 5.41) is 6.54. The molecule has 2 N–H and O–H groups in total. The summed E-state index contributed by atoms with van der Waals surface area (Å²) in [6.07, 6.45) is 5.45. The normalized spacial score (nSPS) is 12.0. The number of rotatable bonds is 9. The number of hydrogen-bond donors (Lipinski definition) is 2. The maximum atomic E-state index is 13.0. The predicted molar refractivity (Wildman–Crippen MR) is 132 cm³/mol. The van der Waals surface area contributed by atoms with E-state index in [4.69, 9.17) is 4.74 Å². The third kappa shape index (κ3) is 8.56. The summed E-state index contributed by atoms with van der Waals surface area (Å²) in [5.74, 6) is 1.10. The fraction of sp³-hybridized carbons (Fsp3) is 0.304. The predicted octanol–water partition coefficient (Wildman–Crippen LogP) is 4.21. The molecule has 1 aromatic heterocycles. The van der Waals surface area contributed by atoms with Crippen molar-refractivity contribution < 1.29 is 9.13 Å². The smallest absolute Gasteiger partial charge is 0.191 e. The second-order valence-corrected chi connectivity index (χ2v) is 7.01. The first kappa shape index (κ1) is 24.6. The lowest BCUT2D eigenvalue weighted by Gasteiger charge is -2.17.